The first kappa shape index (κ1) is 15.0. The van der Waals surface area contributed by atoms with Gasteiger partial charge in [0, 0.05) is 23.2 Å². The Morgan fingerprint density at radius 2 is 2.17 bits per heavy atom. The molecule has 0 aliphatic heterocycles. The zero-order valence-corrected chi connectivity index (χ0v) is 14.9. The normalized spacial score (nSPS) is 13.9. The minimum Gasteiger partial charge on any atom is -0.361 e. The van der Waals surface area contributed by atoms with Gasteiger partial charge in [-0.2, -0.15) is 0 Å². The molecule has 0 saturated carbocycles. The van der Waals surface area contributed by atoms with Crippen LogP contribution in [0.2, 0.25) is 0 Å². The second-order valence-corrected chi connectivity index (χ2v) is 7.91. The Balaban J connectivity index is 1.74. The molecule has 0 radical (unpaired) electrons. The van der Waals surface area contributed by atoms with Crippen molar-refractivity contribution >= 4 is 33.3 Å². The molecule has 0 spiro atoms. The van der Waals surface area contributed by atoms with Crippen molar-refractivity contribution in [2.75, 3.05) is 0 Å². The SMILES string of the molecule is Cc1noc(C)c1CSc1nc2sc3c(c2c(=O)n1C)CCC3. The Kier molecular flexibility index (Phi) is 3.57. The number of aromatic nitrogens is 3. The summed E-state index contributed by atoms with van der Waals surface area (Å²) in [5.74, 6) is 1.54. The van der Waals surface area contributed by atoms with Crippen molar-refractivity contribution in [1.82, 2.24) is 14.7 Å². The summed E-state index contributed by atoms with van der Waals surface area (Å²) in [6.07, 6.45) is 3.25. The molecule has 0 unspecified atom stereocenters. The molecule has 3 aromatic heterocycles. The van der Waals surface area contributed by atoms with Crippen molar-refractivity contribution in [3.05, 3.63) is 37.8 Å². The van der Waals surface area contributed by atoms with E-state index in [-0.39, 0.29) is 5.56 Å². The van der Waals surface area contributed by atoms with E-state index in [1.54, 1.807) is 27.7 Å². The Morgan fingerprint density at radius 1 is 1.35 bits per heavy atom. The van der Waals surface area contributed by atoms with E-state index >= 15 is 0 Å². The maximum atomic E-state index is 12.8. The maximum absolute atomic E-state index is 12.8. The first-order chi connectivity index (χ1) is 11.1. The number of nitrogens with zero attached hydrogens (tertiary/aromatic N) is 3. The third kappa shape index (κ3) is 2.33. The summed E-state index contributed by atoms with van der Waals surface area (Å²) in [6, 6.07) is 0. The lowest BCUT2D eigenvalue weighted by atomic mass is 10.2. The van der Waals surface area contributed by atoms with Crippen molar-refractivity contribution in [3.8, 4) is 0 Å². The number of thiophene rings is 1. The lowest BCUT2D eigenvalue weighted by Gasteiger charge is -2.07. The minimum absolute atomic E-state index is 0.0793. The van der Waals surface area contributed by atoms with E-state index in [4.69, 9.17) is 9.51 Å². The molecule has 5 nitrogen and oxygen atoms in total. The van der Waals surface area contributed by atoms with Crippen LogP contribution in [0.3, 0.4) is 0 Å². The summed E-state index contributed by atoms with van der Waals surface area (Å²) in [7, 11) is 1.81. The molecule has 1 aliphatic rings. The Bertz CT molecular complexity index is 949. The molecule has 0 amide bonds. The van der Waals surface area contributed by atoms with Gasteiger partial charge in [-0.15, -0.1) is 11.3 Å². The van der Waals surface area contributed by atoms with E-state index in [1.807, 2.05) is 20.9 Å². The van der Waals surface area contributed by atoms with Crippen molar-refractivity contribution in [1.29, 1.82) is 0 Å². The van der Waals surface area contributed by atoms with Crippen molar-refractivity contribution in [3.63, 3.8) is 0 Å². The van der Waals surface area contributed by atoms with Crippen LogP contribution in [0.5, 0.6) is 0 Å². The second kappa shape index (κ2) is 5.49. The monoisotopic (exact) mass is 347 g/mol. The van der Waals surface area contributed by atoms with Gasteiger partial charge in [0.15, 0.2) is 5.16 Å². The summed E-state index contributed by atoms with van der Waals surface area (Å²) in [5.41, 5.74) is 3.30. The molecule has 7 heteroatoms. The topological polar surface area (TPSA) is 60.9 Å². The number of thioether (sulfide) groups is 1. The number of rotatable bonds is 3. The van der Waals surface area contributed by atoms with Crippen LogP contribution in [0.4, 0.5) is 0 Å². The fourth-order valence-corrected chi connectivity index (χ4v) is 5.51. The van der Waals surface area contributed by atoms with Crippen LogP contribution < -0.4 is 5.56 Å². The van der Waals surface area contributed by atoms with Crippen LogP contribution in [-0.4, -0.2) is 14.7 Å². The first-order valence-corrected chi connectivity index (χ1v) is 9.42. The molecule has 0 aromatic carbocycles. The van der Waals surface area contributed by atoms with E-state index < -0.39 is 0 Å². The molecular formula is C16H17N3O2S2. The smallest absolute Gasteiger partial charge is 0.262 e. The molecule has 0 saturated heterocycles. The van der Waals surface area contributed by atoms with Gasteiger partial charge in [-0.1, -0.05) is 16.9 Å². The molecule has 0 atom stereocenters. The highest BCUT2D eigenvalue weighted by molar-refractivity contribution is 7.98. The van der Waals surface area contributed by atoms with Crippen LogP contribution in [0.1, 0.15) is 33.9 Å². The van der Waals surface area contributed by atoms with Crippen LogP contribution in [0.25, 0.3) is 10.2 Å². The van der Waals surface area contributed by atoms with Gasteiger partial charge in [0.25, 0.3) is 5.56 Å². The lowest BCUT2D eigenvalue weighted by Crippen LogP contribution is -2.20. The Hall–Kier alpha value is -1.60. The molecule has 3 heterocycles. The number of fused-ring (bicyclic) bond motifs is 3. The quantitative estimate of drug-likeness (QED) is 0.537. The minimum atomic E-state index is 0.0793. The average Bonchev–Trinajstić information content (AvgIpc) is 3.17. The van der Waals surface area contributed by atoms with Gasteiger partial charge >= 0.3 is 0 Å². The number of hydrogen-bond acceptors (Lipinski definition) is 6. The van der Waals surface area contributed by atoms with E-state index in [9.17, 15) is 4.79 Å². The molecule has 23 heavy (non-hydrogen) atoms. The first-order valence-electron chi connectivity index (χ1n) is 7.62. The summed E-state index contributed by atoms with van der Waals surface area (Å²) in [6.45, 7) is 3.85. The molecule has 4 rings (SSSR count). The van der Waals surface area contributed by atoms with E-state index in [0.29, 0.717) is 5.75 Å². The van der Waals surface area contributed by atoms with Gasteiger partial charge in [0.1, 0.15) is 10.6 Å². The lowest BCUT2D eigenvalue weighted by molar-refractivity contribution is 0.392. The van der Waals surface area contributed by atoms with E-state index in [2.05, 4.69) is 5.16 Å². The molecular weight excluding hydrogens is 330 g/mol. The largest absolute Gasteiger partial charge is 0.361 e. The van der Waals surface area contributed by atoms with E-state index in [1.165, 1.54) is 10.4 Å². The third-order valence-corrected chi connectivity index (χ3v) is 6.67. The highest BCUT2D eigenvalue weighted by atomic mass is 32.2. The van der Waals surface area contributed by atoms with Gasteiger partial charge in [-0.3, -0.25) is 9.36 Å². The third-order valence-electron chi connectivity index (χ3n) is 4.43. The summed E-state index contributed by atoms with van der Waals surface area (Å²) in [4.78, 5) is 19.7. The fourth-order valence-electron chi connectivity index (χ4n) is 3.08. The zero-order chi connectivity index (χ0) is 16.1. The van der Waals surface area contributed by atoms with E-state index in [0.717, 1.165) is 51.7 Å². The van der Waals surface area contributed by atoms with Crippen molar-refractivity contribution in [2.24, 2.45) is 7.05 Å². The molecule has 3 aromatic rings. The highest BCUT2D eigenvalue weighted by Gasteiger charge is 2.22. The molecule has 0 N–H and O–H groups in total. The molecule has 0 bridgehead atoms. The van der Waals surface area contributed by atoms with Gasteiger partial charge < -0.3 is 4.52 Å². The maximum Gasteiger partial charge on any atom is 0.262 e. The fraction of sp³-hybridized carbons (Fsp3) is 0.438. The summed E-state index contributed by atoms with van der Waals surface area (Å²) in [5, 5.41) is 5.57. The summed E-state index contributed by atoms with van der Waals surface area (Å²) >= 11 is 3.25. The predicted octanol–water partition coefficient (Wildman–Crippen LogP) is 3.38. The zero-order valence-electron chi connectivity index (χ0n) is 13.3. The standard InChI is InChI=1S/C16H17N3O2S2/c1-8-11(9(2)21-18-8)7-22-16-17-14-13(15(20)19(16)3)10-5-4-6-12(10)23-14/h4-7H2,1-3H3. The molecule has 0 fully saturated rings. The van der Waals surface area contributed by atoms with Crippen LogP contribution in [0, 0.1) is 13.8 Å². The Morgan fingerprint density at radius 3 is 2.91 bits per heavy atom. The highest BCUT2D eigenvalue weighted by Crippen LogP contribution is 2.35. The van der Waals surface area contributed by atoms with Gasteiger partial charge in [0.2, 0.25) is 0 Å². The number of aryl methyl sites for hydroxylation is 4. The second-order valence-electron chi connectivity index (χ2n) is 5.89. The summed E-state index contributed by atoms with van der Waals surface area (Å²) < 4.78 is 6.88. The predicted molar refractivity (Wildman–Crippen MR) is 92.4 cm³/mol. The molecule has 1 aliphatic carbocycles. The Labute approximate surface area is 141 Å². The van der Waals surface area contributed by atoms with Crippen molar-refractivity contribution < 1.29 is 4.52 Å². The van der Waals surface area contributed by atoms with Gasteiger partial charge in [0.05, 0.1) is 11.1 Å². The van der Waals surface area contributed by atoms with Crippen molar-refractivity contribution in [2.45, 2.75) is 44.0 Å². The number of hydrogen-bond donors (Lipinski definition) is 0. The molecule has 120 valence electrons. The van der Waals surface area contributed by atoms with Gasteiger partial charge in [-0.05, 0) is 38.7 Å². The average molecular weight is 347 g/mol. The van der Waals surface area contributed by atoms with Crippen LogP contribution >= 0.6 is 23.1 Å². The van der Waals surface area contributed by atoms with Crippen LogP contribution in [0.15, 0.2) is 14.5 Å². The van der Waals surface area contributed by atoms with Crippen LogP contribution in [-0.2, 0) is 25.6 Å². The van der Waals surface area contributed by atoms with Gasteiger partial charge in [-0.25, -0.2) is 4.98 Å².